The Bertz CT molecular complexity index is 342. The zero-order chi connectivity index (χ0) is 14.1. The fourth-order valence-corrected chi connectivity index (χ4v) is 2.47. The molecule has 0 saturated carbocycles. The average Bonchev–Trinajstić information content (AvgIpc) is 2.34. The number of hydrogen-bond acceptors (Lipinski definition) is 2. The van der Waals surface area contributed by atoms with Crippen molar-refractivity contribution in [3.05, 3.63) is 34.9 Å². The first-order valence-corrected chi connectivity index (χ1v) is 7.54. The van der Waals surface area contributed by atoms with Crippen LogP contribution in [-0.2, 0) is 11.2 Å². The van der Waals surface area contributed by atoms with Crippen LogP contribution in [0.2, 0.25) is 0 Å². The number of benzene rings is 1. The van der Waals surface area contributed by atoms with Crippen molar-refractivity contribution >= 4 is 0 Å². The maximum Gasteiger partial charge on any atom is 0.0480 e. The van der Waals surface area contributed by atoms with E-state index in [0.29, 0.717) is 6.04 Å². The summed E-state index contributed by atoms with van der Waals surface area (Å²) in [5.74, 6) is 0. The topological polar surface area (TPSA) is 21.3 Å². The minimum atomic E-state index is 0.521. The van der Waals surface area contributed by atoms with E-state index in [-0.39, 0.29) is 0 Å². The van der Waals surface area contributed by atoms with Gasteiger partial charge in [-0.05, 0) is 52.1 Å². The maximum absolute atomic E-state index is 5.49. The normalized spacial score (nSPS) is 12.6. The summed E-state index contributed by atoms with van der Waals surface area (Å²) in [7, 11) is 0. The van der Waals surface area contributed by atoms with Crippen LogP contribution in [0.3, 0.4) is 0 Å². The van der Waals surface area contributed by atoms with Gasteiger partial charge < -0.3 is 10.1 Å². The van der Waals surface area contributed by atoms with Crippen molar-refractivity contribution in [3.63, 3.8) is 0 Å². The van der Waals surface area contributed by atoms with Gasteiger partial charge in [0.15, 0.2) is 0 Å². The molecule has 0 aliphatic heterocycles. The first-order chi connectivity index (χ1) is 9.15. The second-order valence-electron chi connectivity index (χ2n) is 5.34. The van der Waals surface area contributed by atoms with E-state index in [4.69, 9.17) is 4.74 Å². The van der Waals surface area contributed by atoms with Gasteiger partial charge in [-0.2, -0.15) is 0 Å². The third-order valence-corrected chi connectivity index (χ3v) is 3.26. The van der Waals surface area contributed by atoms with E-state index in [1.54, 1.807) is 0 Å². The van der Waals surface area contributed by atoms with Crippen LogP contribution in [-0.4, -0.2) is 25.8 Å². The van der Waals surface area contributed by atoms with Crippen molar-refractivity contribution in [2.75, 3.05) is 19.8 Å². The molecule has 1 aromatic carbocycles. The third-order valence-electron chi connectivity index (χ3n) is 3.26. The zero-order valence-corrected chi connectivity index (χ0v) is 13.0. The highest BCUT2D eigenvalue weighted by atomic mass is 16.5. The van der Waals surface area contributed by atoms with Crippen LogP contribution in [0.4, 0.5) is 0 Å². The molecular weight excluding hydrogens is 234 g/mol. The van der Waals surface area contributed by atoms with Crippen molar-refractivity contribution in [2.24, 2.45) is 0 Å². The Kier molecular flexibility index (Phi) is 7.76. The number of aryl methyl sites for hydroxylation is 2. The lowest BCUT2D eigenvalue weighted by Crippen LogP contribution is -2.33. The van der Waals surface area contributed by atoms with Crippen LogP contribution >= 0.6 is 0 Å². The standard InChI is InChI=1S/C17H29NO/c1-5-8-18-17(7-9-19-6-2)13-16-11-14(3)10-15(4)12-16/h10-12,17-18H,5-9,13H2,1-4H3. The first-order valence-electron chi connectivity index (χ1n) is 7.54. The molecule has 0 fully saturated rings. The second kappa shape index (κ2) is 9.11. The van der Waals surface area contributed by atoms with Gasteiger partial charge in [0.1, 0.15) is 0 Å². The minimum absolute atomic E-state index is 0.521. The number of nitrogens with one attached hydrogen (secondary N) is 1. The van der Waals surface area contributed by atoms with E-state index in [2.05, 4.69) is 51.2 Å². The lowest BCUT2D eigenvalue weighted by molar-refractivity contribution is 0.136. The molecule has 2 nitrogen and oxygen atoms in total. The quantitative estimate of drug-likeness (QED) is 0.687. The molecule has 1 N–H and O–H groups in total. The van der Waals surface area contributed by atoms with E-state index < -0.39 is 0 Å². The van der Waals surface area contributed by atoms with Gasteiger partial charge in [0, 0.05) is 19.3 Å². The average molecular weight is 263 g/mol. The molecule has 0 aliphatic carbocycles. The van der Waals surface area contributed by atoms with Crippen molar-refractivity contribution in [2.45, 2.75) is 53.0 Å². The van der Waals surface area contributed by atoms with Crippen molar-refractivity contribution in [3.8, 4) is 0 Å². The van der Waals surface area contributed by atoms with E-state index in [1.807, 2.05) is 0 Å². The summed E-state index contributed by atoms with van der Waals surface area (Å²) in [5.41, 5.74) is 4.14. The highest BCUT2D eigenvalue weighted by Crippen LogP contribution is 2.12. The van der Waals surface area contributed by atoms with Gasteiger partial charge in [-0.15, -0.1) is 0 Å². The molecule has 1 unspecified atom stereocenters. The van der Waals surface area contributed by atoms with E-state index in [1.165, 1.54) is 23.1 Å². The number of hydrogen-bond donors (Lipinski definition) is 1. The highest BCUT2D eigenvalue weighted by molar-refractivity contribution is 5.29. The first kappa shape index (κ1) is 16.2. The minimum Gasteiger partial charge on any atom is -0.382 e. The van der Waals surface area contributed by atoms with Gasteiger partial charge in [0.25, 0.3) is 0 Å². The summed E-state index contributed by atoms with van der Waals surface area (Å²) in [6.07, 6.45) is 3.36. The summed E-state index contributed by atoms with van der Waals surface area (Å²) in [4.78, 5) is 0. The fraction of sp³-hybridized carbons (Fsp3) is 0.647. The Labute approximate surface area is 118 Å². The Hall–Kier alpha value is -0.860. The van der Waals surface area contributed by atoms with Gasteiger partial charge in [-0.1, -0.05) is 36.2 Å². The van der Waals surface area contributed by atoms with Gasteiger partial charge >= 0.3 is 0 Å². The molecule has 0 spiro atoms. The molecule has 0 amide bonds. The van der Waals surface area contributed by atoms with Crippen molar-refractivity contribution in [1.82, 2.24) is 5.32 Å². The molecule has 0 bridgehead atoms. The Morgan fingerprint density at radius 2 is 1.79 bits per heavy atom. The van der Waals surface area contributed by atoms with E-state index in [9.17, 15) is 0 Å². The Morgan fingerprint density at radius 3 is 2.37 bits per heavy atom. The van der Waals surface area contributed by atoms with Crippen molar-refractivity contribution < 1.29 is 4.74 Å². The smallest absolute Gasteiger partial charge is 0.0480 e. The Balaban J connectivity index is 2.58. The van der Waals surface area contributed by atoms with Crippen LogP contribution < -0.4 is 5.32 Å². The van der Waals surface area contributed by atoms with Crippen LogP contribution in [0.25, 0.3) is 0 Å². The van der Waals surface area contributed by atoms with E-state index >= 15 is 0 Å². The van der Waals surface area contributed by atoms with Crippen LogP contribution in [0.5, 0.6) is 0 Å². The van der Waals surface area contributed by atoms with Crippen LogP contribution in [0.15, 0.2) is 18.2 Å². The summed E-state index contributed by atoms with van der Waals surface area (Å²) in [6, 6.07) is 7.36. The molecule has 1 atom stereocenters. The predicted molar refractivity (Wildman–Crippen MR) is 82.8 cm³/mol. The monoisotopic (exact) mass is 263 g/mol. The van der Waals surface area contributed by atoms with E-state index in [0.717, 1.165) is 32.6 Å². The summed E-state index contributed by atoms with van der Waals surface area (Å²) < 4.78 is 5.49. The number of ether oxygens (including phenoxy) is 1. The van der Waals surface area contributed by atoms with Crippen LogP contribution in [0, 0.1) is 13.8 Å². The molecule has 19 heavy (non-hydrogen) atoms. The Morgan fingerprint density at radius 1 is 1.11 bits per heavy atom. The number of rotatable bonds is 9. The molecule has 2 heteroatoms. The lowest BCUT2D eigenvalue weighted by atomic mass is 9.99. The predicted octanol–water partition coefficient (Wildman–Crippen LogP) is 3.64. The van der Waals surface area contributed by atoms with Crippen LogP contribution in [0.1, 0.15) is 43.4 Å². The maximum atomic E-state index is 5.49. The molecule has 0 saturated heterocycles. The zero-order valence-electron chi connectivity index (χ0n) is 13.0. The largest absolute Gasteiger partial charge is 0.382 e. The SMILES string of the molecule is CCCNC(CCOCC)Cc1cc(C)cc(C)c1. The molecule has 1 aromatic rings. The molecular formula is C17H29NO. The second-order valence-corrected chi connectivity index (χ2v) is 5.34. The van der Waals surface area contributed by atoms with Gasteiger partial charge in [-0.3, -0.25) is 0 Å². The molecule has 0 radical (unpaired) electrons. The van der Waals surface area contributed by atoms with Gasteiger partial charge in [0.2, 0.25) is 0 Å². The molecule has 0 aromatic heterocycles. The van der Waals surface area contributed by atoms with Gasteiger partial charge in [0.05, 0.1) is 0 Å². The molecule has 0 heterocycles. The fourth-order valence-electron chi connectivity index (χ4n) is 2.47. The van der Waals surface area contributed by atoms with Crippen molar-refractivity contribution in [1.29, 1.82) is 0 Å². The highest BCUT2D eigenvalue weighted by Gasteiger charge is 2.09. The third kappa shape index (κ3) is 6.74. The summed E-state index contributed by atoms with van der Waals surface area (Å²) in [6.45, 7) is 11.4. The molecule has 108 valence electrons. The van der Waals surface area contributed by atoms with Gasteiger partial charge in [-0.25, -0.2) is 0 Å². The summed E-state index contributed by atoms with van der Waals surface area (Å²) in [5, 5.41) is 3.64. The molecule has 1 rings (SSSR count). The summed E-state index contributed by atoms with van der Waals surface area (Å²) >= 11 is 0. The molecule has 0 aliphatic rings. The lowest BCUT2D eigenvalue weighted by Gasteiger charge is -2.19.